The van der Waals surface area contributed by atoms with Crippen LogP contribution in [0.25, 0.3) is 0 Å². The summed E-state index contributed by atoms with van der Waals surface area (Å²) in [5, 5.41) is 3.52. The van der Waals surface area contributed by atoms with Gasteiger partial charge in [0.2, 0.25) is 0 Å². The molecule has 0 unspecified atom stereocenters. The van der Waals surface area contributed by atoms with Crippen molar-refractivity contribution >= 4 is 23.2 Å². The van der Waals surface area contributed by atoms with Gasteiger partial charge >= 0.3 is 0 Å². The second kappa shape index (κ2) is 9.22. The summed E-state index contributed by atoms with van der Waals surface area (Å²) in [5.74, 6) is -0.149. The van der Waals surface area contributed by atoms with E-state index in [2.05, 4.69) is 39.4 Å². The Hall–Kier alpha value is -2.08. The third-order valence-electron chi connectivity index (χ3n) is 4.86. The Morgan fingerprint density at radius 1 is 1.15 bits per heavy atom. The van der Waals surface area contributed by atoms with Crippen molar-refractivity contribution in [3.8, 4) is 0 Å². The molecule has 2 aromatic carbocycles. The third kappa shape index (κ3) is 5.01. The standard InChI is InChI=1S/C21H26ClN3O2/c1-24(2)17-9-7-16(8-10-17)20(25-11-13-27-14-12-25)15-23-21(26)18-5-3-4-6-19(18)22/h3-10,20H,11-15H2,1-2H3,(H,23,26)/t20-/m1/s1. The monoisotopic (exact) mass is 387 g/mol. The molecule has 1 aliphatic rings. The molecule has 1 N–H and O–H groups in total. The van der Waals surface area contributed by atoms with Crippen LogP contribution in [0.15, 0.2) is 48.5 Å². The van der Waals surface area contributed by atoms with Gasteiger partial charge in [-0.25, -0.2) is 0 Å². The molecule has 1 fully saturated rings. The molecule has 3 rings (SSSR count). The molecule has 0 aliphatic carbocycles. The lowest BCUT2D eigenvalue weighted by atomic mass is 10.0. The first-order valence-corrected chi connectivity index (χ1v) is 9.56. The summed E-state index contributed by atoms with van der Waals surface area (Å²) in [4.78, 5) is 17.0. The Balaban J connectivity index is 1.75. The molecular formula is C21H26ClN3O2. The van der Waals surface area contributed by atoms with Crippen LogP contribution in [-0.4, -0.2) is 57.8 Å². The van der Waals surface area contributed by atoms with Crippen LogP contribution in [0.5, 0.6) is 0 Å². The molecule has 6 heteroatoms. The Labute approximate surface area is 165 Å². The molecule has 2 aromatic rings. The first-order valence-electron chi connectivity index (χ1n) is 9.18. The predicted octanol–water partition coefficient (Wildman–Crippen LogP) is 3.21. The molecule has 0 radical (unpaired) electrons. The Bertz CT molecular complexity index is 758. The van der Waals surface area contributed by atoms with Crippen molar-refractivity contribution in [3.63, 3.8) is 0 Å². The highest BCUT2D eigenvalue weighted by Gasteiger charge is 2.23. The Kier molecular flexibility index (Phi) is 6.72. The number of morpholine rings is 1. The van der Waals surface area contributed by atoms with Crippen molar-refractivity contribution in [1.29, 1.82) is 0 Å². The number of rotatable bonds is 6. The molecule has 27 heavy (non-hydrogen) atoms. The van der Waals surface area contributed by atoms with Crippen LogP contribution >= 0.6 is 11.6 Å². The number of carbonyl (C=O) groups excluding carboxylic acids is 1. The molecule has 1 aliphatic heterocycles. The molecule has 1 heterocycles. The molecular weight excluding hydrogens is 362 g/mol. The van der Waals surface area contributed by atoms with Gasteiger partial charge in [-0.2, -0.15) is 0 Å². The zero-order valence-corrected chi connectivity index (χ0v) is 16.6. The van der Waals surface area contributed by atoms with Crippen molar-refractivity contribution in [1.82, 2.24) is 10.2 Å². The minimum absolute atomic E-state index is 0.0940. The maximum Gasteiger partial charge on any atom is 0.252 e. The van der Waals surface area contributed by atoms with Gasteiger partial charge in [-0.1, -0.05) is 35.9 Å². The lowest BCUT2D eigenvalue weighted by Gasteiger charge is -2.35. The number of benzene rings is 2. The van der Waals surface area contributed by atoms with Crippen LogP contribution in [0, 0.1) is 0 Å². The summed E-state index contributed by atoms with van der Waals surface area (Å²) in [6.07, 6.45) is 0. The number of hydrogen-bond acceptors (Lipinski definition) is 4. The zero-order chi connectivity index (χ0) is 19.2. The van der Waals surface area contributed by atoms with Crippen LogP contribution < -0.4 is 10.2 Å². The number of anilines is 1. The van der Waals surface area contributed by atoms with E-state index < -0.39 is 0 Å². The molecule has 0 aromatic heterocycles. The fourth-order valence-corrected chi connectivity index (χ4v) is 3.49. The summed E-state index contributed by atoms with van der Waals surface area (Å²) in [5.41, 5.74) is 2.84. The van der Waals surface area contributed by atoms with Gasteiger partial charge in [-0.15, -0.1) is 0 Å². The maximum absolute atomic E-state index is 12.6. The third-order valence-corrected chi connectivity index (χ3v) is 5.18. The van der Waals surface area contributed by atoms with Crippen LogP contribution in [0.4, 0.5) is 5.69 Å². The van der Waals surface area contributed by atoms with Gasteiger partial charge in [0.15, 0.2) is 0 Å². The van der Waals surface area contributed by atoms with E-state index in [-0.39, 0.29) is 11.9 Å². The van der Waals surface area contributed by atoms with Gasteiger partial charge in [0.05, 0.1) is 29.8 Å². The number of nitrogens with one attached hydrogen (secondary N) is 1. The second-order valence-corrected chi connectivity index (χ2v) is 7.25. The number of nitrogens with zero attached hydrogens (tertiary/aromatic N) is 2. The summed E-state index contributed by atoms with van der Waals surface area (Å²) in [6, 6.07) is 15.7. The predicted molar refractivity (Wildman–Crippen MR) is 110 cm³/mol. The maximum atomic E-state index is 12.6. The van der Waals surface area contributed by atoms with Crippen molar-refractivity contribution in [2.24, 2.45) is 0 Å². The van der Waals surface area contributed by atoms with E-state index in [0.29, 0.717) is 30.3 Å². The highest BCUT2D eigenvalue weighted by Crippen LogP contribution is 2.24. The molecule has 1 atom stereocenters. The van der Waals surface area contributed by atoms with E-state index in [4.69, 9.17) is 16.3 Å². The minimum Gasteiger partial charge on any atom is -0.379 e. The van der Waals surface area contributed by atoms with E-state index >= 15 is 0 Å². The summed E-state index contributed by atoms with van der Waals surface area (Å²) < 4.78 is 5.49. The van der Waals surface area contributed by atoms with Crippen LogP contribution in [0.1, 0.15) is 22.0 Å². The minimum atomic E-state index is -0.149. The zero-order valence-electron chi connectivity index (χ0n) is 15.8. The second-order valence-electron chi connectivity index (χ2n) is 6.84. The van der Waals surface area contributed by atoms with Gasteiger partial charge in [0.1, 0.15) is 0 Å². The Morgan fingerprint density at radius 3 is 2.44 bits per heavy atom. The lowest BCUT2D eigenvalue weighted by molar-refractivity contribution is 0.0162. The molecule has 5 nitrogen and oxygen atoms in total. The average molecular weight is 388 g/mol. The first-order chi connectivity index (χ1) is 13.1. The molecule has 1 saturated heterocycles. The van der Waals surface area contributed by atoms with E-state index in [1.54, 1.807) is 12.1 Å². The molecule has 1 amide bonds. The topological polar surface area (TPSA) is 44.8 Å². The van der Waals surface area contributed by atoms with Gasteiger partial charge < -0.3 is 15.0 Å². The number of amides is 1. The number of hydrogen-bond donors (Lipinski definition) is 1. The lowest BCUT2D eigenvalue weighted by Crippen LogP contribution is -2.43. The number of carbonyl (C=O) groups is 1. The summed E-state index contributed by atoms with van der Waals surface area (Å²) in [6.45, 7) is 3.64. The summed E-state index contributed by atoms with van der Waals surface area (Å²) >= 11 is 6.15. The fraction of sp³-hybridized carbons (Fsp3) is 0.381. The normalized spacial score (nSPS) is 16.0. The fourth-order valence-electron chi connectivity index (χ4n) is 3.27. The highest BCUT2D eigenvalue weighted by molar-refractivity contribution is 6.33. The highest BCUT2D eigenvalue weighted by atomic mass is 35.5. The molecule has 144 valence electrons. The van der Waals surface area contributed by atoms with E-state index in [1.807, 2.05) is 26.2 Å². The van der Waals surface area contributed by atoms with Crippen molar-refractivity contribution in [2.75, 3.05) is 51.8 Å². The molecule has 0 bridgehead atoms. The van der Waals surface area contributed by atoms with E-state index in [0.717, 1.165) is 18.8 Å². The largest absolute Gasteiger partial charge is 0.379 e. The molecule has 0 spiro atoms. The quantitative estimate of drug-likeness (QED) is 0.826. The van der Waals surface area contributed by atoms with Gasteiger partial charge in [0, 0.05) is 39.4 Å². The van der Waals surface area contributed by atoms with Gasteiger partial charge in [-0.05, 0) is 29.8 Å². The average Bonchev–Trinajstić information content (AvgIpc) is 2.69. The smallest absolute Gasteiger partial charge is 0.252 e. The first kappa shape index (κ1) is 19.7. The van der Waals surface area contributed by atoms with Crippen molar-refractivity contribution in [2.45, 2.75) is 6.04 Å². The van der Waals surface area contributed by atoms with E-state index in [9.17, 15) is 4.79 Å². The number of halogens is 1. The van der Waals surface area contributed by atoms with Crippen LogP contribution in [0.3, 0.4) is 0 Å². The number of ether oxygens (including phenoxy) is 1. The SMILES string of the molecule is CN(C)c1ccc([C@@H](CNC(=O)c2ccccc2Cl)N2CCOCC2)cc1. The van der Waals surface area contributed by atoms with Crippen LogP contribution in [0.2, 0.25) is 5.02 Å². The Morgan fingerprint density at radius 2 is 1.81 bits per heavy atom. The summed E-state index contributed by atoms with van der Waals surface area (Å²) in [7, 11) is 4.05. The van der Waals surface area contributed by atoms with E-state index in [1.165, 1.54) is 5.56 Å². The van der Waals surface area contributed by atoms with Crippen molar-refractivity contribution < 1.29 is 9.53 Å². The van der Waals surface area contributed by atoms with Crippen LogP contribution in [-0.2, 0) is 4.74 Å². The van der Waals surface area contributed by atoms with Gasteiger partial charge in [-0.3, -0.25) is 9.69 Å². The molecule has 0 saturated carbocycles. The van der Waals surface area contributed by atoms with Gasteiger partial charge in [0.25, 0.3) is 5.91 Å². The van der Waals surface area contributed by atoms with Crippen molar-refractivity contribution in [3.05, 3.63) is 64.7 Å².